The molecule has 0 aromatic heterocycles. The molecular formula is C6H11O3PSZn. The first kappa shape index (κ1) is 15.1. The molecule has 3 nitrogen and oxygen atoms in total. The van der Waals surface area contributed by atoms with E-state index in [2.05, 4.69) is 25.4 Å². The molecule has 0 aliphatic carbocycles. The first-order chi connectivity index (χ1) is 5.12. The molecule has 0 aliphatic rings. The van der Waals surface area contributed by atoms with Gasteiger partial charge in [-0.2, -0.15) is 0 Å². The van der Waals surface area contributed by atoms with Crippen molar-refractivity contribution in [3.05, 3.63) is 25.3 Å². The molecule has 0 heterocycles. The Labute approximate surface area is 90.7 Å². The summed E-state index contributed by atoms with van der Waals surface area (Å²) < 4.78 is 20.5. The van der Waals surface area contributed by atoms with Crippen molar-refractivity contribution < 1.29 is 33.1 Å². The van der Waals surface area contributed by atoms with Gasteiger partial charge in [-0.25, -0.2) is 4.57 Å². The Bertz CT molecular complexity index is 170. The molecule has 0 aromatic rings. The monoisotopic (exact) mass is 258 g/mol. The molecule has 0 saturated carbocycles. The summed E-state index contributed by atoms with van der Waals surface area (Å²) in [5, 5.41) is 0. The zero-order valence-electron chi connectivity index (χ0n) is 6.81. The molecule has 0 unspecified atom stereocenters. The topological polar surface area (TPSA) is 35.5 Å². The first-order valence-corrected chi connectivity index (χ1v) is 5.65. The Morgan fingerprint density at radius 3 is 1.83 bits per heavy atom. The van der Waals surface area contributed by atoms with Gasteiger partial charge < -0.3 is 0 Å². The average Bonchev–Trinajstić information content (AvgIpc) is 1.97. The zero-order chi connectivity index (χ0) is 8.74. The fourth-order valence-corrected chi connectivity index (χ4v) is 1.39. The molecule has 0 aromatic carbocycles. The molecule has 6 heteroatoms. The Kier molecular flexibility index (Phi) is 10.3. The molecular weight excluding hydrogens is 248 g/mol. The molecule has 12 heavy (non-hydrogen) atoms. The fourth-order valence-electron chi connectivity index (χ4n) is 0.331. The number of thiol groups is 1. The average molecular weight is 260 g/mol. The molecule has 0 saturated heterocycles. The quantitative estimate of drug-likeness (QED) is 0.344. The van der Waals surface area contributed by atoms with Crippen LogP contribution < -0.4 is 0 Å². The van der Waals surface area contributed by atoms with Gasteiger partial charge in [-0.05, 0) is 0 Å². The van der Waals surface area contributed by atoms with Crippen molar-refractivity contribution in [2.45, 2.75) is 0 Å². The van der Waals surface area contributed by atoms with E-state index in [-0.39, 0.29) is 32.7 Å². The predicted molar refractivity (Wildman–Crippen MR) is 48.9 cm³/mol. The van der Waals surface area contributed by atoms with E-state index in [1.165, 1.54) is 12.2 Å². The second-order valence-electron chi connectivity index (χ2n) is 1.64. The van der Waals surface area contributed by atoms with Gasteiger partial charge in [0.05, 0.1) is 13.2 Å². The molecule has 0 atom stereocenters. The van der Waals surface area contributed by atoms with Gasteiger partial charge in [0, 0.05) is 19.5 Å². The van der Waals surface area contributed by atoms with Crippen molar-refractivity contribution >= 4 is 19.0 Å². The van der Waals surface area contributed by atoms with Gasteiger partial charge in [0.15, 0.2) is 0 Å². The van der Waals surface area contributed by atoms with Crippen LogP contribution in [0.25, 0.3) is 0 Å². The summed E-state index contributed by atoms with van der Waals surface area (Å²) in [7, 11) is 0. The molecule has 0 N–H and O–H groups in total. The molecule has 66 valence electrons. The second-order valence-corrected chi connectivity index (χ2v) is 4.56. The fraction of sp³-hybridized carbons (Fsp3) is 0.333. The Hall–Kier alpha value is 0.603. The summed E-state index contributed by atoms with van der Waals surface area (Å²) in [5.41, 5.74) is 0. The maximum absolute atomic E-state index is 11.1. The normalized spacial score (nSPS) is 10.1. The smallest absolute Gasteiger partial charge is 0.297 e. The molecule has 0 bridgehead atoms. The Balaban J connectivity index is 0. The molecule has 0 aliphatic heterocycles. The van der Waals surface area contributed by atoms with Crippen LogP contribution in [0.4, 0.5) is 0 Å². The minimum atomic E-state index is -3.17. The van der Waals surface area contributed by atoms with Gasteiger partial charge in [-0.3, -0.25) is 9.05 Å². The van der Waals surface area contributed by atoms with Crippen LogP contribution in [0.1, 0.15) is 0 Å². The van der Waals surface area contributed by atoms with Crippen molar-refractivity contribution in [1.82, 2.24) is 0 Å². The summed E-state index contributed by atoms with van der Waals surface area (Å²) in [5.74, 6) is 0. The van der Waals surface area contributed by atoms with E-state index in [9.17, 15) is 4.57 Å². The third kappa shape index (κ3) is 8.70. The van der Waals surface area contributed by atoms with Crippen LogP contribution in [-0.4, -0.2) is 13.2 Å². The van der Waals surface area contributed by atoms with E-state index in [0.717, 1.165) is 0 Å². The first-order valence-electron chi connectivity index (χ1n) is 2.96. The third-order valence-electron chi connectivity index (χ3n) is 0.711. The van der Waals surface area contributed by atoms with Crippen LogP contribution in [0.15, 0.2) is 25.3 Å². The van der Waals surface area contributed by atoms with E-state index in [1.54, 1.807) is 0 Å². The van der Waals surface area contributed by atoms with Crippen molar-refractivity contribution in [3.8, 4) is 0 Å². The second kappa shape index (κ2) is 8.21. The molecule has 0 radical (unpaired) electrons. The van der Waals surface area contributed by atoms with E-state index in [1.807, 2.05) is 0 Å². The third-order valence-corrected chi connectivity index (χ3v) is 2.35. The molecule has 0 spiro atoms. The van der Waals surface area contributed by atoms with Crippen molar-refractivity contribution in [2.24, 2.45) is 0 Å². The van der Waals surface area contributed by atoms with Gasteiger partial charge in [0.1, 0.15) is 0 Å². The number of rotatable bonds is 6. The summed E-state index contributed by atoms with van der Waals surface area (Å²) in [6, 6.07) is 0. The van der Waals surface area contributed by atoms with Crippen LogP contribution >= 0.6 is 19.0 Å². The van der Waals surface area contributed by atoms with Crippen LogP contribution in [-0.2, 0) is 33.1 Å². The van der Waals surface area contributed by atoms with E-state index < -0.39 is 6.80 Å². The molecule has 0 amide bonds. The van der Waals surface area contributed by atoms with Gasteiger partial charge in [0.2, 0.25) is 0 Å². The van der Waals surface area contributed by atoms with Crippen LogP contribution in [0, 0.1) is 0 Å². The SMILES string of the molecule is C=CCOP(=O)(S)OCC=C.[Zn]. The van der Waals surface area contributed by atoms with Crippen LogP contribution in [0.3, 0.4) is 0 Å². The van der Waals surface area contributed by atoms with Crippen molar-refractivity contribution in [1.29, 1.82) is 0 Å². The van der Waals surface area contributed by atoms with Crippen molar-refractivity contribution in [2.75, 3.05) is 13.2 Å². The van der Waals surface area contributed by atoms with E-state index in [4.69, 9.17) is 9.05 Å². The van der Waals surface area contributed by atoms with Gasteiger partial charge in [0.25, 0.3) is 0 Å². The minimum Gasteiger partial charge on any atom is -0.297 e. The van der Waals surface area contributed by atoms with Gasteiger partial charge >= 0.3 is 6.80 Å². The maximum atomic E-state index is 11.1. The van der Waals surface area contributed by atoms with Crippen LogP contribution in [0.5, 0.6) is 0 Å². The standard InChI is InChI=1S/C6H11O3PS.Zn/c1-3-5-8-10(7,11)9-6-4-2;/h3-4H,1-2,5-6H2,(H,7,11);. The number of hydrogen-bond donors (Lipinski definition) is 1. The Morgan fingerprint density at radius 2 is 1.58 bits per heavy atom. The predicted octanol–water partition coefficient (Wildman–Crippen LogP) is 2.43. The summed E-state index contributed by atoms with van der Waals surface area (Å²) >= 11 is 3.67. The van der Waals surface area contributed by atoms with E-state index >= 15 is 0 Å². The summed E-state index contributed by atoms with van der Waals surface area (Å²) in [6.07, 6.45) is 2.94. The minimum absolute atomic E-state index is 0. The van der Waals surface area contributed by atoms with Crippen LogP contribution in [0.2, 0.25) is 0 Å². The summed E-state index contributed by atoms with van der Waals surface area (Å²) in [6.45, 7) is 3.93. The van der Waals surface area contributed by atoms with Gasteiger partial charge in [-0.1, -0.05) is 24.4 Å². The largest absolute Gasteiger partial charge is 0.386 e. The van der Waals surface area contributed by atoms with E-state index in [0.29, 0.717) is 0 Å². The number of hydrogen-bond acceptors (Lipinski definition) is 3. The Morgan fingerprint density at radius 1 is 1.25 bits per heavy atom. The zero-order valence-corrected chi connectivity index (χ0v) is 11.6. The van der Waals surface area contributed by atoms with Gasteiger partial charge in [-0.15, -0.1) is 13.2 Å². The maximum Gasteiger partial charge on any atom is 0.386 e. The summed E-state index contributed by atoms with van der Waals surface area (Å²) in [4.78, 5) is 0. The molecule has 0 rings (SSSR count). The van der Waals surface area contributed by atoms with Crippen molar-refractivity contribution in [3.63, 3.8) is 0 Å². The molecule has 0 fully saturated rings.